The molecule has 0 aliphatic heterocycles. The predicted octanol–water partition coefficient (Wildman–Crippen LogP) is 2.94. The molecule has 0 saturated heterocycles. The Morgan fingerprint density at radius 3 is 2.50 bits per heavy atom. The monoisotopic (exact) mass is 308 g/mol. The molecule has 0 amide bonds. The minimum atomic E-state index is -4.35. The number of hydrogen-bond donors (Lipinski definition) is 2. The normalized spacial score (nSPS) is 13.8. The van der Waals surface area contributed by atoms with E-state index in [1.165, 1.54) is 17.8 Å². The summed E-state index contributed by atoms with van der Waals surface area (Å²) in [6.07, 6.45) is -2.78. The van der Waals surface area contributed by atoms with Gasteiger partial charge in [-0.1, -0.05) is 13.8 Å². The highest BCUT2D eigenvalue weighted by Crippen LogP contribution is 2.29. The maximum atomic E-state index is 12.4. The Morgan fingerprint density at radius 1 is 1.35 bits per heavy atom. The van der Waals surface area contributed by atoms with Crippen LogP contribution in [0.25, 0.3) is 0 Å². The number of aliphatic hydroxyl groups is 1. The Bertz CT molecular complexity index is 396. The molecule has 1 aromatic heterocycles. The van der Waals surface area contributed by atoms with Gasteiger partial charge in [0.05, 0.1) is 17.2 Å². The first-order chi connectivity index (χ1) is 9.32. The molecule has 0 saturated carbocycles. The summed E-state index contributed by atoms with van der Waals surface area (Å²) in [5, 5.41) is 13.0. The molecule has 0 aliphatic carbocycles. The number of thioether (sulfide) groups is 1. The van der Waals surface area contributed by atoms with Gasteiger partial charge in [-0.2, -0.15) is 13.2 Å². The Balaban J connectivity index is 2.42. The molecule has 0 fully saturated rings. The molecule has 20 heavy (non-hydrogen) atoms. The molecule has 0 aromatic carbocycles. The van der Waals surface area contributed by atoms with Gasteiger partial charge in [0.2, 0.25) is 0 Å². The first-order valence-corrected chi connectivity index (χ1v) is 7.34. The Hall–Kier alpha value is -0.790. The first kappa shape index (κ1) is 17.3. The van der Waals surface area contributed by atoms with Crippen LogP contribution in [-0.2, 0) is 6.18 Å². The minimum Gasteiger partial charge on any atom is -0.395 e. The lowest BCUT2D eigenvalue weighted by atomic mass is 10.2. The number of aromatic nitrogens is 1. The minimum absolute atomic E-state index is 0.00283. The zero-order valence-corrected chi connectivity index (χ0v) is 12.3. The molecule has 0 aliphatic rings. The van der Waals surface area contributed by atoms with Crippen molar-refractivity contribution in [1.29, 1.82) is 0 Å². The van der Waals surface area contributed by atoms with Gasteiger partial charge in [0.15, 0.2) is 0 Å². The third-order valence-electron chi connectivity index (χ3n) is 2.57. The van der Waals surface area contributed by atoms with Crippen LogP contribution >= 0.6 is 11.8 Å². The van der Waals surface area contributed by atoms with Gasteiger partial charge in [0, 0.05) is 24.0 Å². The van der Waals surface area contributed by atoms with Crippen LogP contribution in [0.4, 0.5) is 13.2 Å². The molecule has 0 spiro atoms. The van der Waals surface area contributed by atoms with E-state index in [0.29, 0.717) is 10.8 Å². The molecule has 0 bridgehead atoms. The summed E-state index contributed by atoms with van der Waals surface area (Å²) >= 11 is 1.38. The van der Waals surface area contributed by atoms with Crippen molar-refractivity contribution in [2.45, 2.75) is 43.6 Å². The van der Waals surface area contributed by atoms with Crippen molar-refractivity contribution in [2.24, 2.45) is 0 Å². The third kappa shape index (κ3) is 6.11. The van der Waals surface area contributed by atoms with E-state index in [2.05, 4.69) is 10.3 Å². The molecule has 7 heteroatoms. The number of rotatable bonds is 7. The molecule has 2 N–H and O–H groups in total. The SMILES string of the molecule is CC(C)NC(CO)CCSc1ccc(C(F)(F)F)cn1. The number of nitrogens with zero attached hydrogens (tertiary/aromatic N) is 1. The van der Waals surface area contributed by atoms with Crippen molar-refractivity contribution in [1.82, 2.24) is 10.3 Å². The van der Waals surface area contributed by atoms with Crippen molar-refractivity contribution < 1.29 is 18.3 Å². The van der Waals surface area contributed by atoms with Gasteiger partial charge in [0.25, 0.3) is 0 Å². The summed E-state index contributed by atoms with van der Waals surface area (Å²) in [5.74, 6) is 0.684. The van der Waals surface area contributed by atoms with Gasteiger partial charge in [-0.05, 0) is 18.6 Å². The summed E-state index contributed by atoms with van der Waals surface area (Å²) in [6, 6.07) is 2.68. The molecule has 1 heterocycles. The Kier molecular flexibility index (Phi) is 6.78. The summed E-state index contributed by atoms with van der Waals surface area (Å²) in [7, 11) is 0. The summed E-state index contributed by atoms with van der Waals surface area (Å²) in [5.41, 5.74) is -0.739. The lowest BCUT2D eigenvalue weighted by Crippen LogP contribution is -2.37. The zero-order valence-electron chi connectivity index (χ0n) is 11.4. The average Bonchev–Trinajstić information content (AvgIpc) is 2.36. The molecule has 0 radical (unpaired) electrons. The highest BCUT2D eigenvalue weighted by molar-refractivity contribution is 7.99. The van der Waals surface area contributed by atoms with E-state index >= 15 is 0 Å². The van der Waals surface area contributed by atoms with Crippen LogP contribution in [0.5, 0.6) is 0 Å². The van der Waals surface area contributed by atoms with Crippen LogP contribution in [0.2, 0.25) is 0 Å². The fourth-order valence-corrected chi connectivity index (χ4v) is 2.54. The zero-order chi connectivity index (χ0) is 15.2. The van der Waals surface area contributed by atoms with Gasteiger partial charge < -0.3 is 10.4 Å². The summed E-state index contributed by atoms with van der Waals surface area (Å²) in [4.78, 5) is 3.79. The second-order valence-corrected chi connectivity index (χ2v) is 5.84. The molecular weight excluding hydrogens is 289 g/mol. The molecule has 1 aromatic rings. The van der Waals surface area contributed by atoms with Crippen LogP contribution in [0.3, 0.4) is 0 Å². The van der Waals surface area contributed by atoms with E-state index in [9.17, 15) is 18.3 Å². The number of pyridine rings is 1. The fraction of sp³-hybridized carbons (Fsp3) is 0.615. The molecule has 1 unspecified atom stereocenters. The van der Waals surface area contributed by atoms with Crippen LogP contribution in [0.1, 0.15) is 25.8 Å². The van der Waals surface area contributed by atoms with E-state index < -0.39 is 11.7 Å². The highest BCUT2D eigenvalue weighted by Gasteiger charge is 2.30. The Morgan fingerprint density at radius 2 is 2.05 bits per heavy atom. The molecule has 1 atom stereocenters. The third-order valence-corrected chi connectivity index (χ3v) is 3.55. The second-order valence-electron chi connectivity index (χ2n) is 4.72. The maximum absolute atomic E-state index is 12.4. The topological polar surface area (TPSA) is 45.1 Å². The van der Waals surface area contributed by atoms with Gasteiger partial charge in [-0.3, -0.25) is 0 Å². The van der Waals surface area contributed by atoms with Crippen molar-refractivity contribution in [2.75, 3.05) is 12.4 Å². The van der Waals surface area contributed by atoms with Gasteiger partial charge in [-0.25, -0.2) is 4.98 Å². The molecular formula is C13H19F3N2OS. The fourth-order valence-electron chi connectivity index (χ4n) is 1.64. The number of aliphatic hydroxyl groups excluding tert-OH is 1. The van der Waals surface area contributed by atoms with E-state index in [1.54, 1.807) is 0 Å². The van der Waals surface area contributed by atoms with Crippen LogP contribution in [0, 0.1) is 0 Å². The van der Waals surface area contributed by atoms with E-state index in [-0.39, 0.29) is 18.7 Å². The molecule has 1 rings (SSSR count). The quantitative estimate of drug-likeness (QED) is 0.760. The summed E-state index contributed by atoms with van der Waals surface area (Å²) < 4.78 is 37.1. The predicted molar refractivity (Wildman–Crippen MR) is 73.7 cm³/mol. The average molecular weight is 308 g/mol. The van der Waals surface area contributed by atoms with Gasteiger partial charge in [-0.15, -0.1) is 11.8 Å². The van der Waals surface area contributed by atoms with Crippen LogP contribution in [0.15, 0.2) is 23.4 Å². The lowest BCUT2D eigenvalue weighted by molar-refractivity contribution is -0.137. The number of alkyl halides is 3. The van der Waals surface area contributed by atoms with E-state index in [4.69, 9.17) is 0 Å². The summed E-state index contributed by atoms with van der Waals surface area (Å²) in [6.45, 7) is 4.03. The highest BCUT2D eigenvalue weighted by atomic mass is 32.2. The maximum Gasteiger partial charge on any atom is 0.417 e. The number of halogens is 3. The van der Waals surface area contributed by atoms with Crippen LogP contribution < -0.4 is 5.32 Å². The molecule has 114 valence electrons. The van der Waals surface area contributed by atoms with E-state index in [1.807, 2.05) is 13.8 Å². The first-order valence-electron chi connectivity index (χ1n) is 6.36. The van der Waals surface area contributed by atoms with Gasteiger partial charge in [0.1, 0.15) is 0 Å². The number of nitrogens with one attached hydrogen (secondary N) is 1. The van der Waals surface area contributed by atoms with Crippen LogP contribution in [-0.4, -0.2) is 34.5 Å². The lowest BCUT2D eigenvalue weighted by Gasteiger charge is -2.18. The van der Waals surface area contributed by atoms with E-state index in [0.717, 1.165) is 18.7 Å². The van der Waals surface area contributed by atoms with Crippen molar-refractivity contribution >= 4 is 11.8 Å². The number of hydrogen-bond acceptors (Lipinski definition) is 4. The van der Waals surface area contributed by atoms with Crippen molar-refractivity contribution in [3.8, 4) is 0 Å². The van der Waals surface area contributed by atoms with Crippen molar-refractivity contribution in [3.05, 3.63) is 23.9 Å². The van der Waals surface area contributed by atoms with Crippen molar-refractivity contribution in [3.63, 3.8) is 0 Å². The molecule has 3 nitrogen and oxygen atoms in total. The van der Waals surface area contributed by atoms with Gasteiger partial charge >= 0.3 is 6.18 Å². The second kappa shape index (κ2) is 7.85. The standard InChI is InChI=1S/C13H19F3N2OS/c1-9(2)18-11(8-19)5-6-20-12-4-3-10(7-17-12)13(14,15)16/h3-4,7,9,11,18-19H,5-6,8H2,1-2H3. The largest absolute Gasteiger partial charge is 0.417 e. The Labute approximate surface area is 121 Å². The smallest absolute Gasteiger partial charge is 0.395 e.